The second-order valence-corrected chi connectivity index (χ2v) is 9.39. The molecule has 0 spiro atoms. The number of carbonyl (C=O) groups is 3. The van der Waals surface area contributed by atoms with Crippen LogP contribution >= 0.6 is 11.6 Å². The fourth-order valence-electron chi connectivity index (χ4n) is 3.82. The highest BCUT2D eigenvalue weighted by Crippen LogP contribution is 2.46. The first-order chi connectivity index (χ1) is 16.7. The third-order valence-corrected chi connectivity index (χ3v) is 5.81. The van der Waals surface area contributed by atoms with Crippen LogP contribution in [0.5, 0.6) is 0 Å². The number of fused-ring (bicyclic) bond motifs is 1. The van der Waals surface area contributed by atoms with Gasteiger partial charge in [-0.1, -0.05) is 11.6 Å². The van der Waals surface area contributed by atoms with Crippen LogP contribution < -0.4 is 4.90 Å². The second-order valence-electron chi connectivity index (χ2n) is 9.01. The zero-order valence-corrected chi connectivity index (χ0v) is 20.8. The summed E-state index contributed by atoms with van der Waals surface area (Å²) in [5.41, 5.74) is -5.11. The molecule has 194 valence electrons. The number of ketones is 1. The Morgan fingerprint density at radius 3 is 2.33 bits per heavy atom. The molecule has 0 fully saturated rings. The van der Waals surface area contributed by atoms with Crippen molar-refractivity contribution in [2.75, 3.05) is 25.1 Å². The number of esters is 1. The van der Waals surface area contributed by atoms with Gasteiger partial charge in [0.1, 0.15) is 22.3 Å². The van der Waals surface area contributed by atoms with Crippen molar-refractivity contribution in [3.63, 3.8) is 0 Å². The lowest BCUT2D eigenvalue weighted by molar-refractivity contribution is -0.153. The van der Waals surface area contributed by atoms with Crippen LogP contribution in [0.4, 0.5) is 33.7 Å². The van der Waals surface area contributed by atoms with E-state index in [2.05, 4.69) is 0 Å². The summed E-state index contributed by atoms with van der Waals surface area (Å²) < 4.78 is 67.9. The van der Waals surface area contributed by atoms with Crippen LogP contribution in [0.15, 0.2) is 24.3 Å². The Kier molecular flexibility index (Phi) is 7.27. The van der Waals surface area contributed by atoms with E-state index in [0.29, 0.717) is 17.0 Å². The van der Waals surface area contributed by atoms with Gasteiger partial charge in [-0.3, -0.25) is 9.69 Å². The number of amides is 1. The maximum Gasteiger partial charge on any atom is 0.411 e. The molecule has 1 atom stereocenters. The maximum atomic E-state index is 14.9. The minimum Gasteiger partial charge on any atom is -0.464 e. The molecular formula is C24H23ClF4N2O5. The molecular weight excluding hydrogens is 508 g/mol. The highest BCUT2D eigenvalue weighted by Gasteiger charge is 2.59. The lowest BCUT2D eigenvalue weighted by Crippen LogP contribution is -2.68. The molecule has 0 saturated heterocycles. The summed E-state index contributed by atoms with van der Waals surface area (Å²) in [7, 11) is 1.08. The zero-order chi connectivity index (χ0) is 27.2. The molecule has 12 heteroatoms. The van der Waals surface area contributed by atoms with E-state index in [0.717, 1.165) is 24.1 Å². The summed E-state index contributed by atoms with van der Waals surface area (Å²) in [6.07, 6.45) is -1.12. The summed E-state index contributed by atoms with van der Waals surface area (Å²) in [6.45, 7) is 5.04. The second kappa shape index (κ2) is 9.61. The monoisotopic (exact) mass is 530 g/mol. The van der Waals surface area contributed by atoms with E-state index in [1.807, 2.05) is 0 Å². The SMILES string of the molecule is CCOC(=O)C1(N(C)C(=O)OC(C)(C)C)CN(c2ccc(F)cc2F)c2c(cc(F)c(F)c2Cl)C1=O. The molecule has 1 aliphatic rings. The van der Waals surface area contributed by atoms with Gasteiger partial charge in [0.25, 0.3) is 0 Å². The Labute approximate surface area is 209 Å². The van der Waals surface area contributed by atoms with Crippen LogP contribution in [-0.2, 0) is 14.3 Å². The molecule has 1 amide bonds. The van der Waals surface area contributed by atoms with Crippen molar-refractivity contribution in [1.82, 2.24) is 4.90 Å². The number of nitrogens with zero attached hydrogens (tertiary/aromatic N) is 2. The van der Waals surface area contributed by atoms with Crippen LogP contribution in [0.25, 0.3) is 0 Å². The highest BCUT2D eigenvalue weighted by molar-refractivity contribution is 6.36. The summed E-state index contributed by atoms with van der Waals surface area (Å²) in [4.78, 5) is 41.7. The number of halogens is 5. The van der Waals surface area contributed by atoms with Crippen molar-refractivity contribution in [1.29, 1.82) is 0 Å². The fourth-order valence-corrected chi connectivity index (χ4v) is 4.11. The molecule has 0 aromatic heterocycles. The van der Waals surface area contributed by atoms with Gasteiger partial charge in [0, 0.05) is 18.7 Å². The Hall–Kier alpha value is -3.34. The van der Waals surface area contributed by atoms with Gasteiger partial charge in [-0.2, -0.15) is 0 Å². The molecule has 7 nitrogen and oxygen atoms in total. The number of Topliss-reactive ketones (excluding diaryl/α,β-unsaturated/α-hetero) is 1. The zero-order valence-electron chi connectivity index (χ0n) is 20.0. The standard InChI is InChI=1S/C24H23ClF4N2O5/c1-6-35-21(33)24(30(5)22(34)36-23(2,3)4)11-31(16-8-7-12(26)9-14(16)27)19-13(20(24)32)10-15(28)18(29)17(19)25/h7-10H,6,11H2,1-5H3. The third-order valence-electron chi connectivity index (χ3n) is 5.47. The van der Waals surface area contributed by atoms with Crippen molar-refractivity contribution in [3.05, 3.63) is 58.1 Å². The summed E-state index contributed by atoms with van der Waals surface area (Å²) in [6, 6.07) is 2.85. The molecule has 36 heavy (non-hydrogen) atoms. The normalized spacial score (nSPS) is 17.5. The minimum atomic E-state index is -2.54. The number of ether oxygens (including phenoxy) is 2. The number of hydrogen-bond acceptors (Lipinski definition) is 6. The van der Waals surface area contributed by atoms with Crippen LogP contribution in [0.3, 0.4) is 0 Å². The summed E-state index contributed by atoms with van der Waals surface area (Å²) in [5.74, 6) is -7.55. The predicted molar refractivity (Wildman–Crippen MR) is 122 cm³/mol. The average Bonchev–Trinajstić information content (AvgIpc) is 2.77. The maximum absolute atomic E-state index is 14.9. The van der Waals surface area contributed by atoms with Gasteiger partial charge in [-0.15, -0.1) is 0 Å². The smallest absolute Gasteiger partial charge is 0.411 e. The summed E-state index contributed by atoms with van der Waals surface area (Å²) >= 11 is 6.05. The van der Waals surface area contributed by atoms with E-state index < -0.39 is 80.8 Å². The van der Waals surface area contributed by atoms with Crippen LogP contribution in [-0.4, -0.2) is 54.1 Å². The molecule has 3 rings (SSSR count). The highest BCUT2D eigenvalue weighted by atomic mass is 35.5. The molecule has 0 saturated carbocycles. The number of carbonyl (C=O) groups excluding carboxylic acids is 3. The predicted octanol–water partition coefficient (Wildman–Crippen LogP) is 5.40. The van der Waals surface area contributed by atoms with Gasteiger partial charge >= 0.3 is 12.1 Å². The van der Waals surface area contributed by atoms with E-state index in [4.69, 9.17) is 21.1 Å². The molecule has 0 N–H and O–H groups in total. The van der Waals surface area contributed by atoms with Gasteiger partial charge in [0.15, 0.2) is 11.6 Å². The first-order valence-corrected chi connectivity index (χ1v) is 11.1. The van der Waals surface area contributed by atoms with Gasteiger partial charge in [0.05, 0.1) is 24.5 Å². The van der Waals surface area contributed by atoms with Crippen molar-refractivity contribution >= 4 is 40.8 Å². The molecule has 1 unspecified atom stereocenters. The Morgan fingerprint density at radius 2 is 1.78 bits per heavy atom. The molecule has 2 aromatic carbocycles. The number of anilines is 2. The molecule has 0 bridgehead atoms. The summed E-state index contributed by atoms with van der Waals surface area (Å²) in [5, 5.41) is -0.876. The third kappa shape index (κ3) is 4.59. The fraction of sp³-hybridized carbons (Fsp3) is 0.375. The van der Waals surface area contributed by atoms with Crippen LogP contribution in [0, 0.1) is 23.3 Å². The van der Waals surface area contributed by atoms with E-state index in [1.165, 1.54) is 6.92 Å². The minimum absolute atomic E-state index is 0.216. The Bertz CT molecular complexity index is 1250. The molecule has 1 heterocycles. The lowest BCUT2D eigenvalue weighted by atomic mass is 9.82. The quantitative estimate of drug-likeness (QED) is 0.228. The number of hydrogen-bond donors (Lipinski definition) is 0. The van der Waals surface area contributed by atoms with E-state index in [-0.39, 0.29) is 6.61 Å². The van der Waals surface area contributed by atoms with E-state index >= 15 is 0 Å². The number of likely N-dealkylation sites (N-methyl/N-ethyl adjacent to an activating group) is 1. The van der Waals surface area contributed by atoms with Crippen molar-refractivity contribution in [2.45, 2.75) is 38.8 Å². The Balaban J connectivity index is 2.36. The molecule has 2 aromatic rings. The number of benzene rings is 2. The Morgan fingerprint density at radius 1 is 1.14 bits per heavy atom. The van der Waals surface area contributed by atoms with E-state index in [1.54, 1.807) is 20.8 Å². The van der Waals surface area contributed by atoms with Crippen molar-refractivity contribution in [2.24, 2.45) is 0 Å². The van der Waals surface area contributed by atoms with Gasteiger partial charge in [-0.05, 0) is 45.9 Å². The largest absolute Gasteiger partial charge is 0.464 e. The molecule has 0 radical (unpaired) electrons. The van der Waals surface area contributed by atoms with Crippen LogP contribution in [0.2, 0.25) is 5.02 Å². The van der Waals surface area contributed by atoms with Crippen LogP contribution in [0.1, 0.15) is 38.1 Å². The molecule has 1 aliphatic heterocycles. The average molecular weight is 531 g/mol. The molecule has 0 aliphatic carbocycles. The van der Waals surface area contributed by atoms with Gasteiger partial charge in [-0.25, -0.2) is 27.2 Å². The lowest BCUT2D eigenvalue weighted by Gasteiger charge is -2.46. The first-order valence-electron chi connectivity index (χ1n) is 10.7. The van der Waals surface area contributed by atoms with Gasteiger partial charge < -0.3 is 14.4 Å². The van der Waals surface area contributed by atoms with Gasteiger partial charge in [0.2, 0.25) is 11.3 Å². The number of rotatable bonds is 4. The van der Waals surface area contributed by atoms with E-state index in [9.17, 15) is 31.9 Å². The van der Waals surface area contributed by atoms with Crippen molar-refractivity contribution in [3.8, 4) is 0 Å². The topological polar surface area (TPSA) is 76.2 Å². The van der Waals surface area contributed by atoms with Crippen molar-refractivity contribution < 1.29 is 41.4 Å². The first kappa shape index (κ1) is 27.3.